The number of alkyl halides is 3. The maximum Gasteiger partial charge on any atom is 0.573 e. The molecule has 2 amide bonds. The van der Waals surface area contributed by atoms with Gasteiger partial charge in [0.15, 0.2) is 0 Å². The molecule has 5 rings (SSSR count). The molecule has 2 aromatic carbocycles. The molecule has 0 spiro atoms. The molecule has 0 aliphatic carbocycles. The van der Waals surface area contributed by atoms with Crippen LogP contribution in [0.15, 0.2) is 53.3 Å². The lowest BCUT2D eigenvalue weighted by Gasteiger charge is -2.30. The van der Waals surface area contributed by atoms with Crippen LogP contribution < -0.4 is 25.8 Å². The summed E-state index contributed by atoms with van der Waals surface area (Å²) in [7, 11) is 0. The van der Waals surface area contributed by atoms with Crippen molar-refractivity contribution in [3.05, 3.63) is 75.6 Å². The van der Waals surface area contributed by atoms with Crippen molar-refractivity contribution in [1.82, 2.24) is 9.97 Å². The summed E-state index contributed by atoms with van der Waals surface area (Å²) in [5.74, 6) is -2.43. The molecule has 1 atom stereocenters. The van der Waals surface area contributed by atoms with Crippen LogP contribution in [0.1, 0.15) is 29.0 Å². The molecule has 3 N–H and O–H groups in total. The van der Waals surface area contributed by atoms with E-state index < -0.39 is 35.4 Å². The first-order valence-electron chi connectivity index (χ1n) is 11.1. The number of fused-ring (bicyclic) bond motifs is 2. The number of ether oxygens (including phenoxy) is 1. The van der Waals surface area contributed by atoms with Gasteiger partial charge in [0.25, 0.3) is 5.56 Å². The van der Waals surface area contributed by atoms with Gasteiger partial charge in [0.2, 0.25) is 17.8 Å². The topological polar surface area (TPSA) is 116 Å². The molecule has 9 nitrogen and oxygen atoms in total. The fourth-order valence-corrected chi connectivity index (χ4v) is 4.38. The first-order chi connectivity index (χ1) is 17.2. The Bertz CT molecular complexity index is 1390. The number of nitrogens with one attached hydrogen (secondary N) is 3. The average Bonchev–Trinajstić information content (AvgIpc) is 2.83. The minimum atomic E-state index is -4.84. The highest BCUT2D eigenvalue weighted by Crippen LogP contribution is 2.32. The van der Waals surface area contributed by atoms with Crippen molar-refractivity contribution in [1.29, 1.82) is 0 Å². The van der Waals surface area contributed by atoms with Gasteiger partial charge in [-0.15, -0.1) is 13.2 Å². The summed E-state index contributed by atoms with van der Waals surface area (Å²) in [5.41, 5.74) is 1.97. The van der Waals surface area contributed by atoms with Gasteiger partial charge in [-0.3, -0.25) is 19.4 Å². The Morgan fingerprint density at radius 3 is 2.53 bits per heavy atom. The molecule has 0 unspecified atom stereocenters. The largest absolute Gasteiger partial charge is 0.573 e. The molecule has 36 heavy (non-hydrogen) atoms. The highest BCUT2D eigenvalue weighted by atomic mass is 19.4. The Morgan fingerprint density at radius 2 is 1.81 bits per heavy atom. The summed E-state index contributed by atoms with van der Waals surface area (Å²) in [6.45, 7) is 1.15. The number of benzene rings is 2. The van der Waals surface area contributed by atoms with E-state index in [2.05, 4.69) is 31.4 Å². The van der Waals surface area contributed by atoms with Gasteiger partial charge in [-0.1, -0.05) is 24.3 Å². The van der Waals surface area contributed by atoms with Gasteiger partial charge in [0.1, 0.15) is 11.6 Å². The molecular formula is C24H20F3N5O4. The number of hydrogen-bond donors (Lipinski definition) is 3. The second-order valence-electron chi connectivity index (χ2n) is 8.46. The lowest BCUT2D eigenvalue weighted by Crippen LogP contribution is -2.38. The van der Waals surface area contributed by atoms with Crippen LogP contribution in [0.4, 0.5) is 30.6 Å². The second kappa shape index (κ2) is 9.02. The number of rotatable bonds is 4. The Kier molecular flexibility index (Phi) is 5.86. The van der Waals surface area contributed by atoms with E-state index in [0.29, 0.717) is 13.1 Å². The zero-order valence-electron chi connectivity index (χ0n) is 18.7. The van der Waals surface area contributed by atoms with Gasteiger partial charge >= 0.3 is 6.36 Å². The molecular weight excluding hydrogens is 479 g/mol. The van der Waals surface area contributed by atoms with Crippen molar-refractivity contribution in [3.63, 3.8) is 0 Å². The summed E-state index contributed by atoms with van der Waals surface area (Å²) in [5, 5.41) is 5.11. The van der Waals surface area contributed by atoms with E-state index in [0.717, 1.165) is 24.1 Å². The van der Waals surface area contributed by atoms with Crippen LogP contribution in [0, 0.1) is 0 Å². The molecule has 3 aromatic rings. The first kappa shape index (κ1) is 23.4. The fraction of sp³-hybridized carbons (Fsp3) is 0.250. The highest BCUT2D eigenvalue weighted by Gasteiger charge is 2.35. The number of hydrogen-bond acceptors (Lipinski definition) is 6. The monoisotopic (exact) mass is 499 g/mol. The molecule has 2 aliphatic rings. The number of anilines is 3. The predicted molar refractivity (Wildman–Crippen MR) is 124 cm³/mol. The maximum absolute atomic E-state index is 13.0. The minimum Gasteiger partial charge on any atom is -0.406 e. The minimum absolute atomic E-state index is 0.0120. The van der Waals surface area contributed by atoms with Crippen LogP contribution in [0.5, 0.6) is 5.75 Å². The summed E-state index contributed by atoms with van der Waals surface area (Å²) in [4.78, 5) is 47.4. The van der Waals surface area contributed by atoms with Gasteiger partial charge in [-0.2, -0.15) is 4.98 Å². The standard InChI is InChI=1S/C24H20F3N5O4/c25-24(26,27)36-16-7-5-15(6-8-16)28-21(34)17-11-18(33)29-20-19(17)22(35)31-23(30-20)32-10-9-13-3-1-2-4-14(13)12-32/h1-8,17H,9-12H2,(H,28,34)(H2,29,30,31,33,35)/t17-/m1/s1. The van der Waals surface area contributed by atoms with E-state index in [9.17, 15) is 27.6 Å². The third-order valence-electron chi connectivity index (χ3n) is 6.04. The Morgan fingerprint density at radius 1 is 1.08 bits per heavy atom. The zero-order chi connectivity index (χ0) is 25.4. The molecule has 0 bridgehead atoms. The second-order valence-corrected chi connectivity index (χ2v) is 8.46. The molecule has 0 saturated carbocycles. The van der Waals surface area contributed by atoms with Gasteiger partial charge in [-0.05, 0) is 41.8 Å². The number of H-pyrrole nitrogens is 1. The number of aromatic nitrogens is 2. The third kappa shape index (κ3) is 4.88. The van der Waals surface area contributed by atoms with Gasteiger partial charge in [0.05, 0.1) is 11.5 Å². The molecule has 0 fully saturated rings. The zero-order valence-corrected chi connectivity index (χ0v) is 18.7. The maximum atomic E-state index is 13.0. The van der Waals surface area contributed by atoms with Crippen LogP contribution in [0.2, 0.25) is 0 Å². The highest BCUT2D eigenvalue weighted by molar-refractivity contribution is 6.04. The molecule has 0 radical (unpaired) electrons. The number of nitrogens with zero attached hydrogens (tertiary/aromatic N) is 2. The molecule has 3 heterocycles. The summed E-state index contributed by atoms with van der Waals surface area (Å²) in [6.07, 6.45) is -4.36. The van der Waals surface area contributed by atoms with E-state index >= 15 is 0 Å². The van der Waals surface area contributed by atoms with Crippen molar-refractivity contribution < 1.29 is 27.5 Å². The molecule has 1 aromatic heterocycles. The van der Waals surface area contributed by atoms with Crippen molar-refractivity contribution >= 4 is 29.3 Å². The summed E-state index contributed by atoms with van der Waals surface area (Å²) < 4.78 is 40.9. The van der Waals surface area contributed by atoms with E-state index in [1.54, 1.807) is 0 Å². The van der Waals surface area contributed by atoms with Crippen LogP contribution in [-0.4, -0.2) is 34.7 Å². The Hall–Kier alpha value is -4.35. The van der Waals surface area contributed by atoms with E-state index in [1.165, 1.54) is 17.7 Å². The summed E-state index contributed by atoms with van der Waals surface area (Å²) >= 11 is 0. The molecule has 0 saturated heterocycles. The SMILES string of the molecule is O=C1C[C@@H](C(=O)Nc2ccc(OC(F)(F)F)cc2)c2c(nc(N3CCc4ccccc4C3)[nH]c2=O)N1. The number of amides is 2. The lowest BCUT2D eigenvalue weighted by molar-refractivity contribution is -0.274. The number of carbonyl (C=O) groups excluding carboxylic acids is 2. The van der Waals surface area contributed by atoms with Gasteiger partial charge in [-0.25, -0.2) is 0 Å². The van der Waals surface area contributed by atoms with Crippen molar-refractivity contribution in [2.45, 2.75) is 31.7 Å². The quantitative estimate of drug-likeness (QED) is 0.507. The molecule has 186 valence electrons. The van der Waals surface area contributed by atoms with Crippen LogP contribution in [0.25, 0.3) is 0 Å². The van der Waals surface area contributed by atoms with Crippen molar-refractivity contribution in [3.8, 4) is 5.75 Å². The number of halogens is 3. The summed E-state index contributed by atoms with van der Waals surface area (Å²) in [6, 6.07) is 12.5. The lowest BCUT2D eigenvalue weighted by atomic mass is 9.92. The van der Waals surface area contributed by atoms with Crippen LogP contribution in [-0.2, 0) is 22.6 Å². The van der Waals surface area contributed by atoms with E-state index in [-0.39, 0.29) is 29.4 Å². The van der Waals surface area contributed by atoms with Crippen molar-refractivity contribution in [2.75, 3.05) is 22.1 Å². The number of aromatic amines is 1. The van der Waals surface area contributed by atoms with E-state index in [1.807, 2.05) is 23.1 Å². The number of carbonyl (C=O) groups is 2. The van der Waals surface area contributed by atoms with Gasteiger partial charge < -0.3 is 20.3 Å². The molecule has 2 aliphatic heterocycles. The fourth-order valence-electron chi connectivity index (χ4n) is 4.38. The molecule has 12 heteroatoms. The smallest absolute Gasteiger partial charge is 0.406 e. The Balaban J connectivity index is 1.37. The van der Waals surface area contributed by atoms with Gasteiger partial charge in [0, 0.05) is 25.2 Å². The Labute approximate surface area is 202 Å². The van der Waals surface area contributed by atoms with Crippen molar-refractivity contribution in [2.24, 2.45) is 0 Å². The average molecular weight is 499 g/mol. The first-order valence-corrected chi connectivity index (χ1v) is 11.1. The normalized spacial score (nSPS) is 17.0. The third-order valence-corrected chi connectivity index (χ3v) is 6.04. The predicted octanol–water partition coefficient (Wildman–Crippen LogP) is 3.30. The van der Waals surface area contributed by atoms with Crippen LogP contribution >= 0.6 is 0 Å². The van der Waals surface area contributed by atoms with Crippen LogP contribution in [0.3, 0.4) is 0 Å². The van der Waals surface area contributed by atoms with E-state index in [4.69, 9.17) is 0 Å².